The molecule has 0 heterocycles. The van der Waals surface area contributed by atoms with Crippen molar-refractivity contribution in [2.24, 2.45) is 22.7 Å². The van der Waals surface area contributed by atoms with Crippen molar-refractivity contribution in [3.8, 4) is 0 Å². The summed E-state index contributed by atoms with van der Waals surface area (Å²) in [7, 11) is 4.37. The molecule has 3 rings (SSSR count). The standard InChI is InChI=1S/C20H24O10/c1-27-15(23)9-13(21)10(16(24)28-2)20-8-6-5-7-19(9,20)11(17(25)29-3)14(22)12(20)18(26)30-4/h9,12,21-22H,5-8H2,1-4H3/t9-,12+,19+,20+. The number of aliphatic hydroxyl groups is 2. The molecule has 3 aliphatic rings. The quantitative estimate of drug-likeness (QED) is 0.497. The summed E-state index contributed by atoms with van der Waals surface area (Å²) in [5.74, 6) is -8.09. The molecule has 1 fully saturated rings. The first-order valence-electron chi connectivity index (χ1n) is 9.40. The Hall–Kier alpha value is -3.04. The van der Waals surface area contributed by atoms with E-state index in [-0.39, 0.29) is 24.0 Å². The molecule has 0 aromatic rings. The van der Waals surface area contributed by atoms with Gasteiger partial charge >= 0.3 is 23.9 Å². The van der Waals surface area contributed by atoms with Crippen molar-refractivity contribution < 1.29 is 48.3 Å². The number of esters is 4. The molecule has 30 heavy (non-hydrogen) atoms. The van der Waals surface area contributed by atoms with Crippen LogP contribution in [0.1, 0.15) is 25.7 Å². The number of aliphatic hydroxyl groups excluding tert-OH is 2. The van der Waals surface area contributed by atoms with Gasteiger partial charge in [0.25, 0.3) is 0 Å². The molecule has 0 aromatic heterocycles. The molecule has 1 saturated carbocycles. The predicted octanol–water partition coefficient (Wildman–Crippen LogP) is 1.11. The van der Waals surface area contributed by atoms with Gasteiger partial charge in [0, 0.05) is 10.8 Å². The number of rotatable bonds is 4. The van der Waals surface area contributed by atoms with Crippen LogP contribution in [0, 0.1) is 22.7 Å². The summed E-state index contributed by atoms with van der Waals surface area (Å²) in [4.78, 5) is 51.3. The van der Waals surface area contributed by atoms with Gasteiger partial charge in [-0.15, -0.1) is 0 Å². The van der Waals surface area contributed by atoms with E-state index in [1.54, 1.807) is 0 Å². The zero-order valence-electron chi connectivity index (χ0n) is 17.1. The van der Waals surface area contributed by atoms with Gasteiger partial charge in [0.05, 0.1) is 39.6 Å². The van der Waals surface area contributed by atoms with E-state index in [1.807, 2.05) is 0 Å². The number of carbonyl (C=O) groups excluding carboxylic acids is 4. The summed E-state index contributed by atoms with van der Waals surface area (Å²) >= 11 is 0. The normalized spacial score (nSPS) is 32.3. The highest BCUT2D eigenvalue weighted by Crippen LogP contribution is 2.76. The van der Waals surface area contributed by atoms with Crippen molar-refractivity contribution in [2.45, 2.75) is 25.7 Å². The lowest BCUT2D eigenvalue weighted by atomic mass is 9.50. The van der Waals surface area contributed by atoms with Gasteiger partial charge in [-0.1, -0.05) is 12.8 Å². The largest absolute Gasteiger partial charge is 0.511 e. The van der Waals surface area contributed by atoms with E-state index >= 15 is 0 Å². The van der Waals surface area contributed by atoms with E-state index in [2.05, 4.69) is 0 Å². The molecule has 0 aromatic carbocycles. The minimum atomic E-state index is -1.64. The molecule has 10 nitrogen and oxygen atoms in total. The number of methoxy groups -OCH3 is 4. The molecule has 164 valence electrons. The Morgan fingerprint density at radius 2 is 1.03 bits per heavy atom. The van der Waals surface area contributed by atoms with E-state index < -0.39 is 58.1 Å². The molecule has 10 heteroatoms. The van der Waals surface area contributed by atoms with Gasteiger partial charge in [-0.3, -0.25) is 9.59 Å². The SMILES string of the molecule is COC(=O)C1=C(O)[C@H](C(=O)OC)[C@]23CCCC[C@@]12[C@H](C(=O)OC)C(O)=C3C(=O)OC. The van der Waals surface area contributed by atoms with Gasteiger partial charge in [-0.2, -0.15) is 0 Å². The van der Waals surface area contributed by atoms with Crippen molar-refractivity contribution in [1.82, 2.24) is 0 Å². The fraction of sp³-hybridized carbons (Fsp3) is 0.600. The van der Waals surface area contributed by atoms with Gasteiger partial charge < -0.3 is 29.2 Å². The third kappa shape index (κ3) is 2.30. The molecule has 0 aliphatic heterocycles. The average Bonchev–Trinajstić information content (AvgIpc) is 3.11. The number of ether oxygens (including phenoxy) is 4. The number of hydrogen-bond acceptors (Lipinski definition) is 10. The molecular formula is C20H24O10. The van der Waals surface area contributed by atoms with Crippen LogP contribution in [0.4, 0.5) is 0 Å². The molecule has 0 saturated heterocycles. The first-order chi connectivity index (χ1) is 14.2. The molecule has 0 unspecified atom stereocenters. The maximum Gasteiger partial charge on any atom is 0.337 e. The van der Waals surface area contributed by atoms with E-state index in [0.29, 0.717) is 12.8 Å². The fourth-order valence-electron chi connectivity index (χ4n) is 5.89. The van der Waals surface area contributed by atoms with Crippen LogP contribution in [-0.4, -0.2) is 62.5 Å². The maximum absolute atomic E-state index is 12.8. The van der Waals surface area contributed by atoms with E-state index in [1.165, 1.54) is 0 Å². The first kappa shape index (κ1) is 21.7. The van der Waals surface area contributed by atoms with Crippen LogP contribution in [0.25, 0.3) is 0 Å². The van der Waals surface area contributed by atoms with Crippen LogP contribution >= 0.6 is 0 Å². The number of carbonyl (C=O) groups is 4. The highest BCUT2D eigenvalue weighted by atomic mass is 16.5. The second-order valence-electron chi connectivity index (χ2n) is 7.57. The van der Waals surface area contributed by atoms with Crippen molar-refractivity contribution in [3.05, 3.63) is 22.7 Å². The highest BCUT2D eigenvalue weighted by molar-refractivity contribution is 6.03. The molecule has 2 N–H and O–H groups in total. The second-order valence-corrected chi connectivity index (χ2v) is 7.57. The van der Waals surface area contributed by atoms with Gasteiger partial charge in [0.1, 0.15) is 23.4 Å². The van der Waals surface area contributed by atoms with Gasteiger partial charge in [0.15, 0.2) is 0 Å². The molecule has 0 radical (unpaired) electrons. The lowest BCUT2D eigenvalue weighted by molar-refractivity contribution is -0.161. The van der Waals surface area contributed by atoms with E-state index in [0.717, 1.165) is 28.4 Å². The maximum atomic E-state index is 12.8. The summed E-state index contributed by atoms with van der Waals surface area (Å²) in [6, 6.07) is 0. The molecule has 0 bridgehead atoms. The zero-order chi connectivity index (χ0) is 22.4. The monoisotopic (exact) mass is 424 g/mol. The molecule has 0 amide bonds. The first-order valence-corrected chi connectivity index (χ1v) is 9.40. The van der Waals surface area contributed by atoms with Gasteiger partial charge in [-0.05, 0) is 12.8 Å². The summed E-state index contributed by atoms with van der Waals surface area (Å²) in [6.07, 6.45) is 1.22. The Morgan fingerprint density at radius 3 is 1.30 bits per heavy atom. The van der Waals surface area contributed by atoms with Crippen LogP contribution in [0.5, 0.6) is 0 Å². The Balaban J connectivity index is 2.48. The molecule has 0 spiro atoms. The van der Waals surface area contributed by atoms with Crippen LogP contribution in [-0.2, 0) is 38.1 Å². The van der Waals surface area contributed by atoms with Crippen molar-refractivity contribution in [3.63, 3.8) is 0 Å². The third-order valence-corrected chi connectivity index (χ3v) is 6.78. The Kier molecular flexibility index (Phi) is 5.30. The molecule has 3 aliphatic carbocycles. The summed E-state index contributed by atoms with van der Waals surface area (Å²) in [5.41, 5.74) is -3.94. The van der Waals surface area contributed by atoms with Crippen LogP contribution in [0.2, 0.25) is 0 Å². The molecule has 4 atom stereocenters. The van der Waals surface area contributed by atoms with Crippen molar-refractivity contribution in [2.75, 3.05) is 28.4 Å². The second kappa shape index (κ2) is 7.33. The highest BCUT2D eigenvalue weighted by Gasteiger charge is 2.79. The topological polar surface area (TPSA) is 146 Å². The van der Waals surface area contributed by atoms with Crippen LogP contribution < -0.4 is 0 Å². The average molecular weight is 424 g/mol. The van der Waals surface area contributed by atoms with Crippen molar-refractivity contribution in [1.29, 1.82) is 0 Å². The third-order valence-electron chi connectivity index (χ3n) is 6.78. The lowest BCUT2D eigenvalue weighted by Crippen LogP contribution is -2.53. The Bertz CT molecular complexity index is 812. The summed E-state index contributed by atoms with van der Waals surface area (Å²) in [6.45, 7) is 0. The minimum Gasteiger partial charge on any atom is -0.511 e. The van der Waals surface area contributed by atoms with Gasteiger partial charge in [-0.25, -0.2) is 9.59 Å². The Morgan fingerprint density at radius 1 is 0.700 bits per heavy atom. The zero-order valence-corrected chi connectivity index (χ0v) is 17.1. The van der Waals surface area contributed by atoms with Gasteiger partial charge in [0.2, 0.25) is 0 Å². The summed E-state index contributed by atoms with van der Waals surface area (Å²) < 4.78 is 19.5. The van der Waals surface area contributed by atoms with E-state index in [9.17, 15) is 29.4 Å². The smallest absolute Gasteiger partial charge is 0.337 e. The fourth-order valence-corrected chi connectivity index (χ4v) is 5.89. The van der Waals surface area contributed by atoms with Crippen LogP contribution in [0.3, 0.4) is 0 Å². The predicted molar refractivity (Wildman–Crippen MR) is 97.7 cm³/mol. The Labute approximate surface area is 172 Å². The van der Waals surface area contributed by atoms with Crippen LogP contribution in [0.15, 0.2) is 22.7 Å². The molecular weight excluding hydrogens is 400 g/mol. The summed E-state index contributed by atoms with van der Waals surface area (Å²) in [5, 5.41) is 22.2. The minimum absolute atomic E-state index is 0.110. The lowest BCUT2D eigenvalue weighted by Gasteiger charge is -2.49. The van der Waals surface area contributed by atoms with Crippen molar-refractivity contribution >= 4 is 23.9 Å². The van der Waals surface area contributed by atoms with E-state index in [4.69, 9.17) is 18.9 Å². The number of hydrogen-bond donors (Lipinski definition) is 2.